The minimum atomic E-state index is 0.0805. The number of hydrogen-bond acceptors (Lipinski definition) is 3. The lowest BCUT2D eigenvalue weighted by Gasteiger charge is -2.33. The molecule has 4 heteroatoms. The van der Waals surface area contributed by atoms with E-state index in [4.69, 9.17) is 5.11 Å². The van der Waals surface area contributed by atoms with Gasteiger partial charge in [0.25, 0.3) is 0 Å². The molecule has 0 radical (unpaired) electrons. The molecule has 0 atom stereocenters. The molecule has 1 aliphatic carbocycles. The van der Waals surface area contributed by atoms with Gasteiger partial charge in [0.15, 0.2) is 11.8 Å². The highest BCUT2D eigenvalue weighted by molar-refractivity contribution is 5.95. The Morgan fingerprint density at radius 3 is 2.90 bits per heavy atom. The summed E-state index contributed by atoms with van der Waals surface area (Å²) >= 11 is 0. The fourth-order valence-corrected chi connectivity index (χ4v) is 3.36. The largest absolute Gasteiger partial charge is 0.417 e. The standard InChI is InChI=1S/C17H20N2O2/c1-12-2-3-14-15(10-12)17(21)18-11-16(14)13-4-6-19(7-5-13)8-9-20/h2-3,10-11,13,20H,1,4-9H2/p+2. The van der Waals surface area contributed by atoms with E-state index >= 15 is 0 Å². The van der Waals surface area contributed by atoms with Crippen LogP contribution in [0.5, 0.6) is 0 Å². The predicted molar refractivity (Wildman–Crippen MR) is 80.9 cm³/mol. The first-order chi connectivity index (χ1) is 10.2. The van der Waals surface area contributed by atoms with Crippen molar-refractivity contribution in [3.63, 3.8) is 0 Å². The molecule has 1 saturated heterocycles. The van der Waals surface area contributed by atoms with E-state index in [0.717, 1.165) is 49.5 Å². The highest BCUT2D eigenvalue weighted by Crippen LogP contribution is 2.38. The van der Waals surface area contributed by atoms with E-state index in [1.807, 2.05) is 24.4 Å². The van der Waals surface area contributed by atoms with Gasteiger partial charge in [-0.15, -0.1) is 0 Å². The third-order valence-corrected chi connectivity index (χ3v) is 4.52. The summed E-state index contributed by atoms with van der Waals surface area (Å²) in [6.07, 6.45) is 10.1. The van der Waals surface area contributed by atoms with Crippen molar-refractivity contribution in [3.8, 4) is 0 Å². The molecule has 0 aromatic carbocycles. The maximum atomic E-state index is 12.0. The van der Waals surface area contributed by atoms with Crippen LogP contribution in [-0.4, -0.2) is 42.2 Å². The van der Waals surface area contributed by atoms with Gasteiger partial charge < -0.3 is 10.0 Å². The number of piperidine rings is 1. The molecule has 2 heterocycles. The molecule has 3 N–H and O–H groups in total. The molecule has 1 fully saturated rings. The van der Waals surface area contributed by atoms with Crippen molar-refractivity contribution in [2.45, 2.75) is 12.8 Å². The molecule has 21 heavy (non-hydrogen) atoms. The number of quaternary nitrogens is 1. The topological polar surface area (TPSA) is 57.2 Å². The van der Waals surface area contributed by atoms with Crippen molar-refractivity contribution in [2.75, 3.05) is 26.2 Å². The van der Waals surface area contributed by atoms with Crippen LogP contribution in [0.4, 0.5) is 0 Å². The summed E-state index contributed by atoms with van der Waals surface area (Å²) in [6, 6.07) is 0. The minimum Gasteiger partial charge on any atom is -0.395 e. The number of fused-ring (bicyclic) bond motifs is 1. The van der Waals surface area contributed by atoms with Crippen molar-refractivity contribution in [1.29, 1.82) is 0 Å². The lowest BCUT2D eigenvalue weighted by molar-refractivity contribution is -0.498. The van der Waals surface area contributed by atoms with Crippen LogP contribution in [0.1, 0.15) is 12.8 Å². The van der Waals surface area contributed by atoms with Gasteiger partial charge >= 0.3 is 5.91 Å². The first kappa shape index (κ1) is 14.3. The Balaban J connectivity index is 1.74. The zero-order chi connectivity index (χ0) is 14.8. The summed E-state index contributed by atoms with van der Waals surface area (Å²) in [6.45, 7) is 6.93. The fourth-order valence-electron chi connectivity index (χ4n) is 3.36. The first-order valence-electron chi connectivity index (χ1n) is 7.58. The molecule has 1 amide bonds. The maximum Gasteiger partial charge on any atom is 0.417 e. The number of carbonyl (C=O) groups excluding carboxylic acids is 1. The number of hydrogen-bond donors (Lipinski definition) is 2. The van der Waals surface area contributed by atoms with Crippen molar-refractivity contribution >= 4 is 5.91 Å². The summed E-state index contributed by atoms with van der Waals surface area (Å²) in [5, 5.41) is 10.7. The SMILES string of the molecule is C=C1C=C[C+]2C(=C1)C(=O)[NH2+]C=C2C1CCN(CCO)CC1. The second kappa shape index (κ2) is 6.02. The third-order valence-electron chi connectivity index (χ3n) is 4.52. The number of likely N-dealkylation sites (tertiary alicyclic amines) is 1. The van der Waals surface area contributed by atoms with Crippen LogP contribution < -0.4 is 5.32 Å². The van der Waals surface area contributed by atoms with Crippen LogP contribution in [0, 0.1) is 11.8 Å². The maximum absolute atomic E-state index is 12.0. The number of aliphatic hydroxyl groups excluding tert-OH is 1. The Morgan fingerprint density at radius 1 is 1.43 bits per heavy atom. The quantitative estimate of drug-likeness (QED) is 0.734. The van der Waals surface area contributed by atoms with E-state index in [9.17, 15) is 4.79 Å². The molecule has 0 spiro atoms. The number of carbonyl (C=O) groups is 1. The second-order valence-electron chi connectivity index (χ2n) is 5.87. The van der Waals surface area contributed by atoms with Gasteiger partial charge in [-0.05, 0) is 25.9 Å². The molecule has 2 aliphatic heterocycles. The number of amides is 1. The smallest absolute Gasteiger partial charge is 0.395 e. The molecule has 3 aliphatic rings. The fraction of sp³-hybridized carbons (Fsp3) is 0.412. The summed E-state index contributed by atoms with van der Waals surface area (Å²) in [7, 11) is 0. The van der Waals surface area contributed by atoms with Crippen molar-refractivity contribution in [2.24, 2.45) is 5.92 Å². The van der Waals surface area contributed by atoms with Gasteiger partial charge in [-0.25, -0.2) is 0 Å². The van der Waals surface area contributed by atoms with Gasteiger partial charge in [0.05, 0.1) is 18.1 Å². The molecule has 0 aromatic rings. The van der Waals surface area contributed by atoms with Gasteiger partial charge in [-0.3, -0.25) is 0 Å². The average Bonchev–Trinajstić information content (AvgIpc) is 2.50. The van der Waals surface area contributed by atoms with Gasteiger partial charge in [-0.2, -0.15) is 10.1 Å². The van der Waals surface area contributed by atoms with Crippen molar-refractivity contribution < 1.29 is 15.2 Å². The van der Waals surface area contributed by atoms with E-state index in [2.05, 4.69) is 11.5 Å². The van der Waals surface area contributed by atoms with E-state index in [0.29, 0.717) is 5.92 Å². The van der Waals surface area contributed by atoms with E-state index < -0.39 is 0 Å². The first-order valence-corrected chi connectivity index (χ1v) is 7.58. The number of aliphatic hydroxyl groups is 1. The van der Waals surface area contributed by atoms with Crippen molar-refractivity contribution in [3.05, 3.63) is 53.6 Å². The molecule has 0 unspecified atom stereocenters. The van der Waals surface area contributed by atoms with Crippen LogP contribution in [0.3, 0.4) is 0 Å². The van der Waals surface area contributed by atoms with Crippen LogP contribution in [0.15, 0.2) is 47.7 Å². The highest BCUT2D eigenvalue weighted by Gasteiger charge is 2.42. The molecule has 4 nitrogen and oxygen atoms in total. The normalized spacial score (nSPS) is 24.0. The Kier molecular flexibility index (Phi) is 4.10. The Bertz CT molecular complexity index is 537. The Morgan fingerprint density at radius 2 is 2.19 bits per heavy atom. The van der Waals surface area contributed by atoms with Crippen LogP contribution >= 0.6 is 0 Å². The number of allylic oxidation sites excluding steroid dienone is 5. The monoisotopic (exact) mass is 286 g/mol. The Hall–Kier alpha value is -1.62. The Labute approximate surface area is 125 Å². The zero-order valence-electron chi connectivity index (χ0n) is 12.2. The number of rotatable bonds is 3. The van der Waals surface area contributed by atoms with Gasteiger partial charge in [0, 0.05) is 36.3 Å². The average molecular weight is 286 g/mol. The van der Waals surface area contributed by atoms with Crippen LogP contribution in [0.2, 0.25) is 0 Å². The number of nitrogens with two attached hydrogens (primary N) is 1. The summed E-state index contributed by atoms with van der Waals surface area (Å²) in [5.41, 5.74) is 2.96. The number of β-amino-alcohol motifs (C(OH)–C–C–N with tert-alkyl or cyclic N) is 1. The minimum absolute atomic E-state index is 0.0805. The number of primary amides is 1. The molecule has 0 aromatic heterocycles. The van der Waals surface area contributed by atoms with E-state index in [1.165, 1.54) is 5.57 Å². The van der Waals surface area contributed by atoms with Crippen LogP contribution in [-0.2, 0) is 4.79 Å². The van der Waals surface area contributed by atoms with Crippen molar-refractivity contribution in [1.82, 2.24) is 4.90 Å². The predicted octanol–water partition coefficient (Wildman–Crippen LogP) is 0.305. The zero-order valence-corrected chi connectivity index (χ0v) is 12.2. The lowest BCUT2D eigenvalue weighted by atomic mass is 9.75. The van der Waals surface area contributed by atoms with Gasteiger partial charge in [0.1, 0.15) is 0 Å². The van der Waals surface area contributed by atoms with Gasteiger partial charge in [0.2, 0.25) is 0 Å². The van der Waals surface area contributed by atoms with Gasteiger partial charge in [-0.1, -0.05) is 6.58 Å². The summed E-state index contributed by atoms with van der Waals surface area (Å²) in [4.78, 5) is 14.3. The molecule has 0 bridgehead atoms. The molecule has 3 rings (SSSR count). The molecule has 110 valence electrons. The highest BCUT2D eigenvalue weighted by atomic mass is 16.3. The molecular weight excluding hydrogens is 264 g/mol. The van der Waals surface area contributed by atoms with Crippen LogP contribution in [0.25, 0.3) is 0 Å². The second-order valence-corrected chi connectivity index (χ2v) is 5.87. The third kappa shape index (κ3) is 2.88. The lowest BCUT2D eigenvalue weighted by Crippen LogP contribution is -2.84. The summed E-state index contributed by atoms with van der Waals surface area (Å²) < 4.78 is 0. The van der Waals surface area contributed by atoms with E-state index in [-0.39, 0.29) is 12.5 Å². The molecular formula is C17H22N2O2+2. The molecule has 0 saturated carbocycles. The number of nitrogens with zero attached hydrogens (tertiary/aromatic N) is 1. The summed E-state index contributed by atoms with van der Waals surface area (Å²) in [5.74, 6) is 1.66. The van der Waals surface area contributed by atoms with E-state index in [1.54, 1.807) is 5.32 Å².